The van der Waals surface area contributed by atoms with E-state index >= 15 is 0 Å². The van der Waals surface area contributed by atoms with Gasteiger partial charge in [-0.05, 0) is 13.0 Å². The number of ether oxygens (including phenoxy) is 3. The van der Waals surface area contributed by atoms with Crippen LogP contribution in [0.3, 0.4) is 0 Å². The molecule has 0 saturated heterocycles. The molecule has 0 amide bonds. The molecule has 0 bridgehead atoms. The van der Waals surface area contributed by atoms with Crippen LogP contribution in [0.5, 0.6) is 17.2 Å². The molecular formula is C17H11N3O7. The fourth-order valence-corrected chi connectivity index (χ4v) is 3.17. The second-order valence-corrected chi connectivity index (χ2v) is 5.87. The van der Waals surface area contributed by atoms with Crippen LogP contribution in [0.25, 0.3) is 0 Å². The zero-order valence-corrected chi connectivity index (χ0v) is 13.8. The van der Waals surface area contributed by atoms with E-state index in [4.69, 9.17) is 24.4 Å². The zero-order valence-electron chi connectivity index (χ0n) is 13.8. The summed E-state index contributed by atoms with van der Waals surface area (Å²) < 4.78 is 21.0. The Morgan fingerprint density at radius 1 is 1.26 bits per heavy atom. The number of fused-ring (bicyclic) bond motifs is 2. The summed E-state index contributed by atoms with van der Waals surface area (Å²) in [6, 6.07) is 5.86. The van der Waals surface area contributed by atoms with Crippen LogP contribution in [0.4, 0.5) is 5.69 Å². The van der Waals surface area contributed by atoms with Crippen molar-refractivity contribution in [1.82, 2.24) is 0 Å². The summed E-state index contributed by atoms with van der Waals surface area (Å²) >= 11 is 0. The molecule has 4 rings (SSSR count). The molecule has 2 aromatic rings. The molecule has 2 aliphatic heterocycles. The van der Waals surface area contributed by atoms with Crippen molar-refractivity contribution in [2.75, 3.05) is 6.79 Å². The first-order chi connectivity index (χ1) is 12.9. The maximum Gasteiger partial charge on any atom is 0.343 e. The van der Waals surface area contributed by atoms with Gasteiger partial charge in [0.1, 0.15) is 23.2 Å². The molecule has 2 N–H and O–H groups in total. The normalized spacial score (nSPS) is 17.1. The number of hydrogen-bond donors (Lipinski definition) is 1. The quantitative estimate of drug-likeness (QED) is 0.617. The molecular weight excluding hydrogens is 358 g/mol. The zero-order chi connectivity index (χ0) is 19.3. The van der Waals surface area contributed by atoms with Gasteiger partial charge in [0.05, 0.1) is 22.5 Å². The number of benzene rings is 1. The van der Waals surface area contributed by atoms with Gasteiger partial charge in [-0.1, -0.05) is 0 Å². The second-order valence-electron chi connectivity index (χ2n) is 5.87. The van der Waals surface area contributed by atoms with Crippen molar-refractivity contribution in [3.8, 4) is 23.3 Å². The summed E-state index contributed by atoms with van der Waals surface area (Å²) in [5, 5.41) is 21.2. The van der Waals surface area contributed by atoms with Gasteiger partial charge >= 0.3 is 5.63 Å². The van der Waals surface area contributed by atoms with Gasteiger partial charge in [-0.15, -0.1) is 0 Å². The topological polar surface area (TPSA) is 151 Å². The minimum absolute atomic E-state index is 0.0458. The van der Waals surface area contributed by atoms with Gasteiger partial charge in [0.2, 0.25) is 12.7 Å². The first-order valence-electron chi connectivity index (χ1n) is 7.71. The van der Waals surface area contributed by atoms with E-state index in [-0.39, 0.29) is 58.1 Å². The molecule has 2 aliphatic rings. The lowest BCUT2D eigenvalue weighted by Gasteiger charge is -2.25. The Labute approximate surface area is 151 Å². The van der Waals surface area contributed by atoms with Gasteiger partial charge in [-0.3, -0.25) is 10.1 Å². The highest BCUT2D eigenvalue weighted by Gasteiger charge is 2.39. The highest BCUT2D eigenvalue weighted by atomic mass is 16.7. The average Bonchev–Trinajstić information content (AvgIpc) is 3.06. The summed E-state index contributed by atoms with van der Waals surface area (Å²) in [4.78, 5) is 23.5. The summed E-state index contributed by atoms with van der Waals surface area (Å²) in [6.45, 7) is 1.45. The lowest BCUT2D eigenvalue weighted by Crippen LogP contribution is -2.26. The monoisotopic (exact) mass is 369 g/mol. The first-order valence-corrected chi connectivity index (χ1v) is 7.71. The van der Waals surface area contributed by atoms with Crippen molar-refractivity contribution >= 4 is 5.69 Å². The van der Waals surface area contributed by atoms with Crippen molar-refractivity contribution in [1.29, 1.82) is 5.26 Å². The molecule has 10 heteroatoms. The van der Waals surface area contributed by atoms with Crippen molar-refractivity contribution in [2.45, 2.75) is 12.8 Å². The van der Waals surface area contributed by atoms with Crippen LogP contribution in [-0.4, -0.2) is 11.7 Å². The number of allylic oxidation sites excluding steroid dienone is 1. The van der Waals surface area contributed by atoms with Gasteiger partial charge in [-0.2, -0.15) is 5.26 Å². The Morgan fingerprint density at radius 2 is 1.96 bits per heavy atom. The molecule has 136 valence electrons. The minimum Gasteiger partial charge on any atom is -0.454 e. The maximum absolute atomic E-state index is 12.5. The third-order valence-corrected chi connectivity index (χ3v) is 4.29. The number of nitro benzene ring substituents is 1. The van der Waals surface area contributed by atoms with Gasteiger partial charge in [-0.25, -0.2) is 4.79 Å². The predicted molar refractivity (Wildman–Crippen MR) is 88.2 cm³/mol. The fraction of sp³-hybridized carbons (Fsp3) is 0.176. The molecule has 1 aromatic heterocycles. The highest BCUT2D eigenvalue weighted by molar-refractivity contribution is 5.64. The van der Waals surface area contributed by atoms with E-state index in [1.807, 2.05) is 6.07 Å². The lowest BCUT2D eigenvalue weighted by atomic mass is 9.83. The molecule has 27 heavy (non-hydrogen) atoms. The van der Waals surface area contributed by atoms with Gasteiger partial charge in [0.25, 0.3) is 5.69 Å². The Bertz CT molecular complexity index is 1130. The number of nitrogens with zero attached hydrogens (tertiary/aromatic N) is 2. The standard InChI is InChI=1S/C17H11N3O7/c1-7-2-13-15(17(21)26-7)14(9(5-18)16(19)27-13)8-3-11-12(25-6-24-11)4-10(8)20(22)23/h2-4,14H,6,19H2,1H3. The van der Waals surface area contributed by atoms with Crippen LogP contribution >= 0.6 is 0 Å². The van der Waals surface area contributed by atoms with E-state index in [0.29, 0.717) is 0 Å². The third kappa shape index (κ3) is 2.44. The van der Waals surface area contributed by atoms with Crippen molar-refractivity contribution in [3.05, 3.63) is 67.1 Å². The number of hydrogen-bond acceptors (Lipinski definition) is 9. The van der Waals surface area contributed by atoms with Gasteiger partial charge in [0, 0.05) is 11.6 Å². The summed E-state index contributed by atoms with van der Waals surface area (Å²) in [7, 11) is 0. The molecule has 1 unspecified atom stereocenters. The molecule has 3 heterocycles. The lowest BCUT2D eigenvalue weighted by molar-refractivity contribution is -0.385. The third-order valence-electron chi connectivity index (χ3n) is 4.29. The van der Waals surface area contributed by atoms with E-state index in [1.165, 1.54) is 18.2 Å². The Balaban J connectivity index is 2.06. The number of rotatable bonds is 2. The summed E-state index contributed by atoms with van der Waals surface area (Å²) in [5.41, 5.74) is 4.58. The van der Waals surface area contributed by atoms with E-state index < -0.39 is 16.5 Å². The minimum atomic E-state index is -1.15. The van der Waals surface area contributed by atoms with E-state index in [0.717, 1.165) is 0 Å². The number of nitriles is 1. The summed E-state index contributed by atoms with van der Waals surface area (Å²) in [5.74, 6) is -0.583. The van der Waals surface area contributed by atoms with Gasteiger partial charge in [0.15, 0.2) is 11.5 Å². The smallest absolute Gasteiger partial charge is 0.343 e. The average molecular weight is 369 g/mol. The molecule has 10 nitrogen and oxygen atoms in total. The van der Waals surface area contributed by atoms with Crippen LogP contribution in [0.1, 0.15) is 22.8 Å². The second kappa shape index (κ2) is 5.77. The molecule has 1 atom stereocenters. The molecule has 0 fully saturated rings. The highest BCUT2D eigenvalue weighted by Crippen LogP contribution is 2.47. The SMILES string of the molecule is Cc1cc2c(c(=O)o1)C(c1cc3c(cc1[N+](=O)[O-])OCO3)C(C#N)=C(N)O2. The number of aryl methyl sites for hydroxylation is 1. The molecule has 0 spiro atoms. The summed E-state index contributed by atoms with van der Waals surface area (Å²) in [6.07, 6.45) is 0. The molecule has 0 radical (unpaired) electrons. The number of nitro groups is 1. The van der Waals surface area contributed by atoms with Crippen molar-refractivity contribution in [2.24, 2.45) is 5.73 Å². The van der Waals surface area contributed by atoms with Crippen LogP contribution in [0.15, 0.2) is 38.9 Å². The molecule has 0 saturated carbocycles. The van der Waals surface area contributed by atoms with Gasteiger partial charge < -0.3 is 24.4 Å². The van der Waals surface area contributed by atoms with Crippen molar-refractivity contribution in [3.63, 3.8) is 0 Å². The Hall–Kier alpha value is -4.00. The first kappa shape index (κ1) is 16.5. The number of nitrogens with two attached hydrogens (primary N) is 1. The predicted octanol–water partition coefficient (Wildman–Crippen LogP) is 1.80. The van der Waals surface area contributed by atoms with Crippen LogP contribution in [0, 0.1) is 28.4 Å². The van der Waals surface area contributed by atoms with Crippen LogP contribution in [-0.2, 0) is 0 Å². The van der Waals surface area contributed by atoms with Crippen LogP contribution in [0.2, 0.25) is 0 Å². The van der Waals surface area contributed by atoms with E-state index in [2.05, 4.69) is 0 Å². The van der Waals surface area contributed by atoms with E-state index in [9.17, 15) is 20.2 Å². The largest absolute Gasteiger partial charge is 0.454 e. The van der Waals surface area contributed by atoms with Crippen LogP contribution < -0.4 is 25.6 Å². The molecule has 1 aromatic carbocycles. The maximum atomic E-state index is 12.5. The molecule has 0 aliphatic carbocycles. The fourth-order valence-electron chi connectivity index (χ4n) is 3.17. The van der Waals surface area contributed by atoms with E-state index in [1.54, 1.807) is 6.92 Å². The Kier molecular flexibility index (Phi) is 3.52. The Morgan fingerprint density at radius 3 is 2.63 bits per heavy atom. The van der Waals surface area contributed by atoms with Crippen molar-refractivity contribution < 1.29 is 23.6 Å².